The minimum absolute atomic E-state index is 0.0265. The molecule has 0 saturated carbocycles. The van der Waals surface area contributed by atoms with Crippen molar-refractivity contribution in [2.75, 3.05) is 26.7 Å². The van der Waals surface area contributed by atoms with Gasteiger partial charge in [0.25, 0.3) is 5.91 Å². The molecular formula is C12H19N3OS. The van der Waals surface area contributed by atoms with Gasteiger partial charge in [-0.05, 0) is 39.8 Å². The smallest absolute Gasteiger partial charge is 0.271 e. The van der Waals surface area contributed by atoms with Crippen molar-refractivity contribution in [3.8, 4) is 0 Å². The van der Waals surface area contributed by atoms with Crippen LogP contribution in [-0.2, 0) is 0 Å². The lowest BCUT2D eigenvalue weighted by molar-refractivity contribution is 0.0942. The summed E-state index contributed by atoms with van der Waals surface area (Å²) >= 11 is 1.58. The third kappa shape index (κ3) is 3.04. The van der Waals surface area contributed by atoms with Crippen LogP contribution >= 0.6 is 11.3 Å². The van der Waals surface area contributed by atoms with Gasteiger partial charge < -0.3 is 10.2 Å². The molecule has 1 aliphatic rings. The molecule has 2 rings (SSSR count). The van der Waals surface area contributed by atoms with Gasteiger partial charge in [-0.1, -0.05) is 0 Å². The molecule has 1 unspecified atom stereocenters. The molecule has 1 aliphatic heterocycles. The maximum absolute atomic E-state index is 11.9. The lowest BCUT2D eigenvalue weighted by Gasteiger charge is -2.11. The van der Waals surface area contributed by atoms with Crippen LogP contribution in [0.2, 0.25) is 0 Å². The van der Waals surface area contributed by atoms with E-state index in [2.05, 4.69) is 22.2 Å². The highest BCUT2D eigenvalue weighted by Crippen LogP contribution is 2.17. The summed E-state index contributed by atoms with van der Waals surface area (Å²) < 4.78 is 0. The van der Waals surface area contributed by atoms with E-state index in [1.807, 2.05) is 13.8 Å². The van der Waals surface area contributed by atoms with Gasteiger partial charge in [0.05, 0.1) is 5.01 Å². The van der Waals surface area contributed by atoms with Crippen molar-refractivity contribution in [3.63, 3.8) is 0 Å². The van der Waals surface area contributed by atoms with E-state index in [1.165, 1.54) is 6.42 Å². The van der Waals surface area contributed by atoms with Crippen molar-refractivity contribution in [3.05, 3.63) is 15.6 Å². The van der Waals surface area contributed by atoms with Gasteiger partial charge in [0.2, 0.25) is 0 Å². The first-order valence-corrected chi connectivity index (χ1v) is 6.78. The molecule has 0 radical (unpaired) electrons. The average Bonchev–Trinajstić information content (AvgIpc) is 2.81. The second-order valence-electron chi connectivity index (χ2n) is 4.76. The van der Waals surface area contributed by atoms with Gasteiger partial charge in [0.1, 0.15) is 5.69 Å². The van der Waals surface area contributed by atoms with Crippen molar-refractivity contribution in [2.24, 2.45) is 5.92 Å². The second-order valence-corrected chi connectivity index (χ2v) is 6.17. The first kappa shape index (κ1) is 12.5. The number of aromatic nitrogens is 1. The molecule has 0 bridgehead atoms. The molecule has 1 atom stereocenters. The van der Waals surface area contributed by atoms with Gasteiger partial charge in [-0.2, -0.15) is 0 Å². The van der Waals surface area contributed by atoms with Crippen molar-refractivity contribution in [2.45, 2.75) is 20.3 Å². The van der Waals surface area contributed by atoms with Gasteiger partial charge in [-0.15, -0.1) is 11.3 Å². The Balaban J connectivity index is 1.87. The zero-order valence-electron chi connectivity index (χ0n) is 10.6. The standard InChI is InChI=1S/C12H19N3OS/c1-8-11(14-9(2)17-8)12(16)13-6-10-4-5-15(3)7-10/h10H,4-7H2,1-3H3,(H,13,16). The van der Waals surface area contributed by atoms with Crippen LogP contribution in [0.3, 0.4) is 0 Å². The topological polar surface area (TPSA) is 45.2 Å². The molecule has 1 aromatic heterocycles. The Labute approximate surface area is 106 Å². The number of hydrogen-bond acceptors (Lipinski definition) is 4. The number of carbonyl (C=O) groups excluding carboxylic acids is 1. The molecule has 17 heavy (non-hydrogen) atoms. The highest BCUT2D eigenvalue weighted by Gasteiger charge is 2.21. The van der Waals surface area contributed by atoms with E-state index >= 15 is 0 Å². The van der Waals surface area contributed by atoms with Crippen LogP contribution in [0, 0.1) is 19.8 Å². The Hall–Kier alpha value is -0.940. The molecule has 0 aliphatic carbocycles. The zero-order chi connectivity index (χ0) is 12.4. The predicted octanol–water partition coefficient (Wildman–Crippen LogP) is 1.44. The van der Waals surface area contributed by atoms with E-state index in [0.717, 1.165) is 29.5 Å². The van der Waals surface area contributed by atoms with Gasteiger partial charge in [0, 0.05) is 18.0 Å². The summed E-state index contributed by atoms with van der Waals surface area (Å²) in [5, 5.41) is 3.95. The van der Waals surface area contributed by atoms with E-state index in [1.54, 1.807) is 11.3 Å². The Morgan fingerprint density at radius 1 is 1.59 bits per heavy atom. The fourth-order valence-electron chi connectivity index (χ4n) is 2.25. The molecule has 5 heteroatoms. The molecule has 1 fully saturated rings. The first-order chi connectivity index (χ1) is 8.06. The van der Waals surface area contributed by atoms with E-state index in [4.69, 9.17) is 0 Å². The minimum atomic E-state index is -0.0265. The summed E-state index contributed by atoms with van der Waals surface area (Å²) in [4.78, 5) is 19.5. The summed E-state index contributed by atoms with van der Waals surface area (Å²) in [7, 11) is 2.12. The number of likely N-dealkylation sites (tertiary alicyclic amines) is 1. The van der Waals surface area contributed by atoms with Crippen molar-refractivity contribution in [1.82, 2.24) is 15.2 Å². The van der Waals surface area contributed by atoms with Gasteiger partial charge in [0.15, 0.2) is 0 Å². The van der Waals surface area contributed by atoms with E-state index in [-0.39, 0.29) is 5.91 Å². The molecule has 1 aromatic rings. The number of nitrogens with zero attached hydrogens (tertiary/aromatic N) is 2. The number of carbonyl (C=O) groups is 1. The molecule has 0 aromatic carbocycles. The Bertz CT molecular complexity index is 416. The maximum atomic E-state index is 11.9. The third-order valence-corrected chi connectivity index (χ3v) is 4.05. The van der Waals surface area contributed by atoms with Crippen LogP contribution in [0.15, 0.2) is 0 Å². The number of hydrogen-bond donors (Lipinski definition) is 1. The summed E-state index contributed by atoms with van der Waals surface area (Å²) in [6.07, 6.45) is 1.17. The van der Waals surface area contributed by atoms with Gasteiger partial charge in [-0.25, -0.2) is 4.98 Å². The highest BCUT2D eigenvalue weighted by atomic mass is 32.1. The van der Waals surface area contributed by atoms with Crippen molar-refractivity contribution >= 4 is 17.2 Å². The Morgan fingerprint density at radius 2 is 2.35 bits per heavy atom. The maximum Gasteiger partial charge on any atom is 0.271 e. The van der Waals surface area contributed by atoms with Gasteiger partial charge in [-0.3, -0.25) is 4.79 Å². The van der Waals surface area contributed by atoms with Crippen LogP contribution in [0.1, 0.15) is 26.8 Å². The number of nitrogens with one attached hydrogen (secondary N) is 1. The summed E-state index contributed by atoms with van der Waals surface area (Å²) in [5.74, 6) is 0.561. The molecule has 4 nitrogen and oxygen atoms in total. The largest absolute Gasteiger partial charge is 0.350 e. The molecule has 1 saturated heterocycles. The number of rotatable bonds is 3. The molecule has 2 heterocycles. The van der Waals surface area contributed by atoms with Crippen LogP contribution in [-0.4, -0.2) is 42.5 Å². The number of thiazole rings is 1. The quantitative estimate of drug-likeness (QED) is 0.886. The summed E-state index contributed by atoms with van der Waals surface area (Å²) in [6.45, 7) is 6.85. The summed E-state index contributed by atoms with van der Waals surface area (Å²) in [5.41, 5.74) is 0.596. The lowest BCUT2D eigenvalue weighted by atomic mass is 10.1. The molecule has 1 N–H and O–H groups in total. The fourth-order valence-corrected chi connectivity index (χ4v) is 3.07. The molecular weight excluding hydrogens is 234 g/mol. The van der Waals surface area contributed by atoms with E-state index < -0.39 is 0 Å². The van der Waals surface area contributed by atoms with Crippen LogP contribution in [0.5, 0.6) is 0 Å². The fraction of sp³-hybridized carbons (Fsp3) is 0.667. The van der Waals surface area contributed by atoms with E-state index in [0.29, 0.717) is 11.6 Å². The van der Waals surface area contributed by atoms with Crippen LogP contribution in [0.4, 0.5) is 0 Å². The number of aryl methyl sites for hydroxylation is 2. The SMILES string of the molecule is Cc1nc(C(=O)NCC2CCN(C)C2)c(C)s1. The van der Waals surface area contributed by atoms with E-state index in [9.17, 15) is 4.79 Å². The summed E-state index contributed by atoms with van der Waals surface area (Å²) in [6, 6.07) is 0. The van der Waals surface area contributed by atoms with Crippen LogP contribution in [0.25, 0.3) is 0 Å². The highest BCUT2D eigenvalue weighted by molar-refractivity contribution is 7.11. The van der Waals surface area contributed by atoms with Crippen LogP contribution < -0.4 is 5.32 Å². The number of amides is 1. The van der Waals surface area contributed by atoms with Gasteiger partial charge >= 0.3 is 0 Å². The molecule has 1 amide bonds. The third-order valence-electron chi connectivity index (χ3n) is 3.16. The normalized spacial score (nSPS) is 20.8. The molecule has 94 valence electrons. The lowest BCUT2D eigenvalue weighted by Crippen LogP contribution is -2.31. The second kappa shape index (κ2) is 5.14. The molecule has 0 spiro atoms. The zero-order valence-corrected chi connectivity index (χ0v) is 11.4. The van der Waals surface area contributed by atoms with Crippen molar-refractivity contribution in [1.29, 1.82) is 0 Å². The van der Waals surface area contributed by atoms with Crippen molar-refractivity contribution < 1.29 is 4.79 Å². The first-order valence-electron chi connectivity index (χ1n) is 5.97. The monoisotopic (exact) mass is 253 g/mol. The Kier molecular flexibility index (Phi) is 3.79. The minimum Gasteiger partial charge on any atom is -0.350 e. The predicted molar refractivity (Wildman–Crippen MR) is 69.5 cm³/mol. The average molecular weight is 253 g/mol. The Morgan fingerprint density at radius 3 is 2.88 bits per heavy atom.